The molecule has 2 unspecified atom stereocenters. The van der Waals surface area contributed by atoms with E-state index < -0.39 is 6.04 Å². The van der Waals surface area contributed by atoms with E-state index in [0.29, 0.717) is 6.42 Å². The molecule has 0 spiro atoms. The van der Waals surface area contributed by atoms with Crippen LogP contribution in [0.4, 0.5) is 0 Å². The van der Waals surface area contributed by atoms with Gasteiger partial charge in [0.05, 0.1) is 5.92 Å². The second-order valence-corrected chi connectivity index (χ2v) is 6.80. The molecule has 0 aliphatic carbocycles. The van der Waals surface area contributed by atoms with Crippen LogP contribution in [0.1, 0.15) is 24.0 Å². The molecule has 2 saturated heterocycles. The molecule has 2 aromatic rings. The van der Waals surface area contributed by atoms with Crippen LogP contribution in [0.5, 0.6) is 0 Å². The highest BCUT2D eigenvalue weighted by Gasteiger charge is 2.55. The van der Waals surface area contributed by atoms with Crippen molar-refractivity contribution < 1.29 is 14.3 Å². The van der Waals surface area contributed by atoms with Gasteiger partial charge in [-0.1, -0.05) is 60.7 Å². The van der Waals surface area contributed by atoms with E-state index in [-0.39, 0.29) is 30.4 Å². The van der Waals surface area contributed by atoms with E-state index in [0.717, 1.165) is 18.4 Å². The van der Waals surface area contributed by atoms with Gasteiger partial charge in [0.15, 0.2) is 0 Å². The standard InChI is InChI=1S/C21H21NO3/c23-20-17(13-15-7-3-1-4-8-15)18-11-12-19(22(18)20)21(24)25-14-16-9-5-2-6-10-16/h1-10,17-19H,11-14H2/t17?,18?,19-/m0/s1. The van der Waals surface area contributed by atoms with E-state index in [4.69, 9.17) is 4.74 Å². The minimum Gasteiger partial charge on any atom is -0.459 e. The maximum absolute atomic E-state index is 12.6. The van der Waals surface area contributed by atoms with Crippen molar-refractivity contribution in [3.8, 4) is 0 Å². The molecular weight excluding hydrogens is 314 g/mol. The summed E-state index contributed by atoms with van der Waals surface area (Å²) in [5.74, 6) is -0.180. The lowest BCUT2D eigenvalue weighted by molar-refractivity contribution is -0.167. The molecule has 0 radical (unpaired) electrons. The Morgan fingerprint density at radius 1 is 0.960 bits per heavy atom. The third kappa shape index (κ3) is 3.04. The Labute approximate surface area is 147 Å². The Morgan fingerprint density at radius 2 is 1.60 bits per heavy atom. The zero-order chi connectivity index (χ0) is 17.2. The number of carbonyl (C=O) groups is 2. The zero-order valence-corrected chi connectivity index (χ0v) is 14.0. The second-order valence-electron chi connectivity index (χ2n) is 6.80. The molecule has 4 rings (SSSR count). The molecule has 0 N–H and O–H groups in total. The maximum atomic E-state index is 12.6. The summed E-state index contributed by atoms with van der Waals surface area (Å²) >= 11 is 0. The summed E-state index contributed by atoms with van der Waals surface area (Å²) in [6.45, 7) is 0.260. The van der Waals surface area contributed by atoms with Crippen molar-refractivity contribution >= 4 is 11.9 Å². The van der Waals surface area contributed by atoms with Crippen LogP contribution in [0.3, 0.4) is 0 Å². The molecule has 3 atom stereocenters. The normalized spacial score (nSPS) is 24.6. The monoisotopic (exact) mass is 335 g/mol. The first-order valence-electron chi connectivity index (χ1n) is 8.80. The number of carbonyl (C=O) groups excluding carboxylic acids is 2. The van der Waals surface area contributed by atoms with Gasteiger partial charge in [-0.2, -0.15) is 0 Å². The Balaban J connectivity index is 1.35. The lowest BCUT2D eigenvalue weighted by atomic mass is 9.83. The summed E-state index contributed by atoms with van der Waals surface area (Å²) in [5, 5.41) is 0. The summed E-state index contributed by atoms with van der Waals surface area (Å²) in [7, 11) is 0. The Bertz CT molecular complexity index is 751. The second kappa shape index (κ2) is 6.71. The smallest absolute Gasteiger partial charge is 0.329 e. The Kier molecular flexibility index (Phi) is 4.26. The zero-order valence-electron chi connectivity index (χ0n) is 14.0. The van der Waals surface area contributed by atoms with Crippen LogP contribution in [0.15, 0.2) is 60.7 Å². The minimum atomic E-state index is -0.409. The number of nitrogens with zero attached hydrogens (tertiary/aromatic N) is 1. The predicted molar refractivity (Wildman–Crippen MR) is 93.5 cm³/mol. The number of amides is 1. The van der Waals surface area contributed by atoms with Crippen LogP contribution in [0.25, 0.3) is 0 Å². The van der Waals surface area contributed by atoms with Crippen LogP contribution in [0, 0.1) is 5.92 Å². The SMILES string of the molecule is O=C(OCc1ccccc1)[C@@H]1CCC2C(Cc3ccccc3)C(=O)N21. The van der Waals surface area contributed by atoms with Gasteiger partial charge in [-0.3, -0.25) is 4.79 Å². The summed E-state index contributed by atoms with van der Waals surface area (Å²) in [5.41, 5.74) is 2.14. The predicted octanol–water partition coefficient (Wildman–Crippen LogP) is 2.96. The van der Waals surface area contributed by atoms with Gasteiger partial charge in [0.25, 0.3) is 0 Å². The van der Waals surface area contributed by atoms with Crippen molar-refractivity contribution in [2.75, 3.05) is 0 Å². The van der Waals surface area contributed by atoms with Crippen molar-refractivity contribution in [1.29, 1.82) is 0 Å². The fraction of sp³-hybridized carbons (Fsp3) is 0.333. The van der Waals surface area contributed by atoms with Gasteiger partial charge in [-0.05, 0) is 30.4 Å². The Hall–Kier alpha value is -2.62. The van der Waals surface area contributed by atoms with E-state index in [1.54, 1.807) is 4.90 Å². The molecule has 0 saturated carbocycles. The molecule has 25 heavy (non-hydrogen) atoms. The van der Waals surface area contributed by atoms with E-state index >= 15 is 0 Å². The van der Waals surface area contributed by atoms with Crippen molar-refractivity contribution in [3.05, 3.63) is 71.8 Å². The van der Waals surface area contributed by atoms with Crippen LogP contribution < -0.4 is 0 Å². The van der Waals surface area contributed by atoms with E-state index in [2.05, 4.69) is 12.1 Å². The average Bonchev–Trinajstić information content (AvgIpc) is 3.06. The molecule has 2 heterocycles. The number of benzene rings is 2. The van der Waals surface area contributed by atoms with Gasteiger partial charge < -0.3 is 9.64 Å². The maximum Gasteiger partial charge on any atom is 0.329 e. The van der Waals surface area contributed by atoms with Gasteiger partial charge in [0.1, 0.15) is 12.6 Å². The quantitative estimate of drug-likeness (QED) is 0.623. The molecule has 128 valence electrons. The van der Waals surface area contributed by atoms with Crippen LogP contribution in [0.2, 0.25) is 0 Å². The number of rotatable bonds is 5. The fourth-order valence-electron chi connectivity index (χ4n) is 3.97. The minimum absolute atomic E-state index is 0.00863. The number of esters is 1. The highest BCUT2D eigenvalue weighted by molar-refractivity contribution is 5.92. The lowest BCUT2D eigenvalue weighted by Crippen LogP contribution is -2.62. The van der Waals surface area contributed by atoms with Crippen molar-refractivity contribution in [1.82, 2.24) is 4.90 Å². The molecule has 2 aliphatic rings. The number of ether oxygens (including phenoxy) is 1. The van der Waals surface area contributed by atoms with Crippen LogP contribution >= 0.6 is 0 Å². The number of fused-ring (bicyclic) bond motifs is 1. The molecule has 0 aromatic heterocycles. The molecule has 4 heteroatoms. The van der Waals surface area contributed by atoms with Crippen molar-refractivity contribution in [3.63, 3.8) is 0 Å². The lowest BCUT2D eigenvalue weighted by Gasteiger charge is -2.45. The Morgan fingerprint density at radius 3 is 2.28 bits per heavy atom. The molecule has 0 bridgehead atoms. The number of hydrogen-bond donors (Lipinski definition) is 0. The largest absolute Gasteiger partial charge is 0.459 e. The average molecular weight is 335 g/mol. The number of hydrogen-bond acceptors (Lipinski definition) is 3. The topological polar surface area (TPSA) is 46.6 Å². The third-order valence-electron chi connectivity index (χ3n) is 5.26. The van der Waals surface area contributed by atoms with Gasteiger partial charge >= 0.3 is 5.97 Å². The first-order valence-corrected chi connectivity index (χ1v) is 8.80. The summed E-state index contributed by atoms with van der Waals surface area (Å²) in [6.07, 6.45) is 2.34. The molecular formula is C21H21NO3. The molecule has 4 nitrogen and oxygen atoms in total. The van der Waals surface area contributed by atoms with E-state index in [1.165, 1.54) is 5.56 Å². The van der Waals surface area contributed by atoms with E-state index in [1.807, 2.05) is 48.5 Å². The number of β-lactam (4-membered cyclic amide) rings is 1. The van der Waals surface area contributed by atoms with E-state index in [9.17, 15) is 9.59 Å². The fourth-order valence-corrected chi connectivity index (χ4v) is 3.97. The molecule has 2 fully saturated rings. The van der Waals surface area contributed by atoms with Crippen LogP contribution in [-0.4, -0.2) is 28.9 Å². The highest BCUT2D eigenvalue weighted by atomic mass is 16.5. The van der Waals surface area contributed by atoms with Gasteiger partial charge in [0.2, 0.25) is 5.91 Å². The van der Waals surface area contributed by atoms with Crippen molar-refractivity contribution in [2.45, 2.75) is 38.0 Å². The van der Waals surface area contributed by atoms with Crippen LogP contribution in [-0.2, 0) is 27.4 Å². The van der Waals surface area contributed by atoms with Crippen molar-refractivity contribution in [2.24, 2.45) is 5.92 Å². The first kappa shape index (κ1) is 15.9. The van der Waals surface area contributed by atoms with Gasteiger partial charge in [-0.15, -0.1) is 0 Å². The highest BCUT2D eigenvalue weighted by Crippen LogP contribution is 2.41. The van der Waals surface area contributed by atoms with Gasteiger partial charge in [-0.25, -0.2) is 4.79 Å². The first-order chi connectivity index (χ1) is 12.2. The molecule has 1 amide bonds. The molecule has 2 aliphatic heterocycles. The summed E-state index contributed by atoms with van der Waals surface area (Å²) in [6, 6.07) is 19.5. The summed E-state index contributed by atoms with van der Waals surface area (Å²) in [4.78, 5) is 26.7. The summed E-state index contributed by atoms with van der Waals surface area (Å²) < 4.78 is 5.43. The van der Waals surface area contributed by atoms with Gasteiger partial charge in [0, 0.05) is 6.04 Å². The third-order valence-corrected chi connectivity index (χ3v) is 5.26. The molecule has 2 aromatic carbocycles.